The minimum atomic E-state index is 0.622. The molecule has 0 bridgehead atoms. The molecular formula is C31H62N2. The quantitative estimate of drug-likeness (QED) is 0.124. The lowest BCUT2D eigenvalue weighted by molar-refractivity contribution is 0.144. The zero-order chi connectivity index (χ0) is 23.8. The molecule has 33 heavy (non-hydrogen) atoms. The Morgan fingerprint density at radius 3 is 0.939 bits per heavy atom. The van der Waals surface area contributed by atoms with E-state index in [0.717, 1.165) is 0 Å². The van der Waals surface area contributed by atoms with Gasteiger partial charge in [-0.25, -0.2) is 0 Å². The van der Waals surface area contributed by atoms with E-state index in [-0.39, 0.29) is 0 Å². The fraction of sp³-hybridized carbons (Fsp3) is 0.935. The third-order valence-electron chi connectivity index (χ3n) is 7.62. The highest BCUT2D eigenvalue weighted by Crippen LogP contribution is 2.21. The topological polar surface area (TPSA) is 6.48 Å². The maximum absolute atomic E-state index is 2.62. The van der Waals surface area contributed by atoms with E-state index in [1.807, 2.05) is 0 Å². The van der Waals surface area contributed by atoms with Gasteiger partial charge < -0.3 is 9.80 Å². The number of unbranched alkanes of at least 4 members (excludes halogenated alkanes) is 20. The first-order valence-corrected chi connectivity index (χ1v) is 15.5. The van der Waals surface area contributed by atoms with Crippen LogP contribution in [0.4, 0.5) is 0 Å². The average Bonchev–Trinajstić information content (AvgIpc) is 3.22. The van der Waals surface area contributed by atoms with Crippen molar-refractivity contribution >= 4 is 0 Å². The lowest BCUT2D eigenvalue weighted by Gasteiger charge is -2.32. The summed E-state index contributed by atoms with van der Waals surface area (Å²) in [6.45, 7) is 9.46. The highest BCUT2D eigenvalue weighted by Gasteiger charge is 2.23. The van der Waals surface area contributed by atoms with Crippen molar-refractivity contribution in [3.8, 4) is 0 Å². The smallest absolute Gasteiger partial charge is 0.100 e. The van der Waals surface area contributed by atoms with Gasteiger partial charge >= 0.3 is 0 Å². The van der Waals surface area contributed by atoms with Crippen molar-refractivity contribution in [1.29, 1.82) is 0 Å². The standard InChI is InChI=1S/C31H62N2/c1-4-7-9-11-13-15-16-17-18-19-20-22-24-26-28-33-30-29-32(31(33)6-3)27-25-23-21-14-12-10-8-5-2/h29-31H,4-28H2,1-3H3. The van der Waals surface area contributed by atoms with Gasteiger partial charge in [0.25, 0.3) is 0 Å². The van der Waals surface area contributed by atoms with Crippen molar-refractivity contribution < 1.29 is 0 Å². The first-order chi connectivity index (χ1) is 16.3. The van der Waals surface area contributed by atoms with Crippen LogP contribution < -0.4 is 0 Å². The molecule has 1 atom stereocenters. The van der Waals surface area contributed by atoms with Crippen LogP contribution in [0.5, 0.6) is 0 Å². The minimum absolute atomic E-state index is 0.622. The Balaban J connectivity index is 1.92. The molecule has 2 nitrogen and oxygen atoms in total. The van der Waals surface area contributed by atoms with E-state index in [1.165, 1.54) is 161 Å². The molecule has 196 valence electrons. The summed E-state index contributed by atoms with van der Waals surface area (Å²) >= 11 is 0. The summed E-state index contributed by atoms with van der Waals surface area (Å²) in [5.74, 6) is 0. The van der Waals surface area contributed by atoms with E-state index in [4.69, 9.17) is 0 Å². The van der Waals surface area contributed by atoms with E-state index < -0.39 is 0 Å². The molecule has 0 aromatic rings. The summed E-state index contributed by atoms with van der Waals surface area (Å²) in [5, 5.41) is 0. The van der Waals surface area contributed by atoms with Crippen molar-refractivity contribution in [3.63, 3.8) is 0 Å². The predicted octanol–water partition coefficient (Wildman–Crippen LogP) is 10.4. The van der Waals surface area contributed by atoms with E-state index in [9.17, 15) is 0 Å². The van der Waals surface area contributed by atoms with E-state index >= 15 is 0 Å². The monoisotopic (exact) mass is 462 g/mol. The zero-order valence-corrected chi connectivity index (χ0v) is 23.3. The van der Waals surface area contributed by atoms with Gasteiger partial charge in [0.15, 0.2) is 0 Å². The second kappa shape index (κ2) is 23.1. The molecule has 1 unspecified atom stereocenters. The second-order valence-electron chi connectivity index (χ2n) is 10.7. The Kier molecular flexibility index (Phi) is 21.3. The van der Waals surface area contributed by atoms with Crippen LogP contribution in [0.2, 0.25) is 0 Å². The first-order valence-electron chi connectivity index (χ1n) is 15.5. The van der Waals surface area contributed by atoms with Gasteiger partial charge in [-0.3, -0.25) is 0 Å². The molecule has 0 saturated heterocycles. The van der Waals surface area contributed by atoms with Gasteiger partial charge in [-0.15, -0.1) is 0 Å². The van der Waals surface area contributed by atoms with Gasteiger partial charge in [0.1, 0.15) is 6.17 Å². The second-order valence-corrected chi connectivity index (χ2v) is 10.7. The molecule has 1 rings (SSSR count). The van der Waals surface area contributed by atoms with Gasteiger partial charge in [0.2, 0.25) is 0 Å². The van der Waals surface area contributed by atoms with Crippen molar-refractivity contribution in [3.05, 3.63) is 12.4 Å². The highest BCUT2D eigenvalue weighted by molar-refractivity contribution is 4.96. The SMILES string of the molecule is CCCCCCCCCCCCCCCCN1C=CN(CCCCCCCCCC)C1CC. The van der Waals surface area contributed by atoms with Crippen LogP contribution in [0.15, 0.2) is 12.4 Å². The summed E-state index contributed by atoms with van der Waals surface area (Å²) in [7, 11) is 0. The molecule has 0 amide bonds. The third-order valence-corrected chi connectivity index (χ3v) is 7.62. The van der Waals surface area contributed by atoms with Crippen LogP contribution in [-0.4, -0.2) is 29.1 Å². The molecule has 0 fully saturated rings. The molecule has 0 aromatic heterocycles. The summed E-state index contributed by atoms with van der Waals surface area (Å²) in [5.41, 5.74) is 0. The third kappa shape index (κ3) is 16.6. The molecule has 0 aliphatic carbocycles. The van der Waals surface area contributed by atoms with Crippen LogP contribution in [0.3, 0.4) is 0 Å². The Labute approximate surface area is 210 Å². The van der Waals surface area contributed by atoms with Gasteiger partial charge in [0, 0.05) is 25.5 Å². The van der Waals surface area contributed by atoms with Gasteiger partial charge in [0.05, 0.1) is 0 Å². The minimum Gasteiger partial charge on any atom is -0.356 e. The molecule has 0 N–H and O–H groups in total. The molecule has 2 heteroatoms. The maximum atomic E-state index is 2.62. The molecular weight excluding hydrogens is 400 g/mol. The lowest BCUT2D eigenvalue weighted by atomic mass is 10.0. The number of hydrogen-bond donors (Lipinski definition) is 0. The number of rotatable bonds is 25. The first kappa shape index (κ1) is 30.4. The molecule has 1 aliphatic rings. The van der Waals surface area contributed by atoms with E-state index in [1.54, 1.807) is 0 Å². The Morgan fingerprint density at radius 2 is 0.667 bits per heavy atom. The Morgan fingerprint density at radius 1 is 0.394 bits per heavy atom. The van der Waals surface area contributed by atoms with E-state index in [0.29, 0.717) is 6.17 Å². The van der Waals surface area contributed by atoms with Crippen molar-refractivity contribution in [2.24, 2.45) is 0 Å². The molecule has 0 radical (unpaired) electrons. The van der Waals surface area contributed by atoms with Gasteiger partial charge in [-0.2, -0.15) is 0 Å². The average molecular weight is 463 g/mol. The van der Waals surface area contributed by atoms with Crippen molar-refractivity contribution in [1.82, 2.24) is 9.80 Å². The zero-order valence-electron chi connectivity index (χ0n) is 23.3. The summed E-state index contributed by atoms with van der Waals surface area (Å²) < 4.78 is 0. The van der Waals surface area contributed by atoms with Crippen LogP contribution in [0.25, 0.3) is 0 Å². The summed E-state index contributed by atoms with van der Waals surface area (Å²) in [6.07, 6.45) is 38.1. The van der Waals surface area contributed by atoms with Crippen LogP contribution in [0, 0.1) is 0 Å². The van der Waals surface area contributed by atoms with Crippen molar-refractivity contribution in [2.75, 3.05) is 13.1 Å². The fourth-order valence-electron chi connectivity index (χ4n) is 5.39. The molecule has 0 spiro atoms. The van der Waals surface area contributed by atoms with Crippen LogP contribution in [0.1, 0.15) is 168 Å². The highest BCUT2D eigenvalue weighted by atomic mass is 15.4. The van der Waals surface area contributed by atoms with Crippen LogP contribution >= 0.6 is 0 Å². The normalized spacial score (nSPS) is 15.8. The molecule has 0 aromatic carbocycles. The van der Waals surface area contributed by atoms with Crippen LogP contribution in [-0.2, 0) is 0 Å². The largest absolute Gasteiger partial charge is 0.356 e. The molecule has 1 heterocycles. The Hall–Kier alpha value is -0.660. The van der Waals surface area contributed by atoms with Gasteiger partial charge in [-0.05, 0) is 19.3 Å². The molecule has 0 saturated carbocycles. The summed E-state index contributed by atoms with van der Waals surface area (Å²) in [6, 6.07) is 0. The fourth-order valence-corrected chi connectivity index (χ4v) is 5.39. The Bertz CT molecular complexity index is 419. The van der Waals surface area contributed by atoms with E-state index in [2.05, 4.69) is 43.0 Å². The maximum Gasteiger partial charge on any atom is 0.100 e. The summed E-state index contributed by atoms with van der Waals surface area (Å²) in [4.78, 5) is 5.23. The number of nitrogens with zero attached hydrogens (tertiary/aromatic N) is 2. The number of hydrogen-bond acceptors (Lipinski definition) is 2. The lowest BCUT2D eigenvalue weighted by Crippen LogP contribution is -2.38. The van der Waals surface area contributed by atoms with Gasteiger partial charge in [-0.1, -0.05) is 149 Å². The van der Waals surface area contributed by atoms with Crippen molar-refractivity contribution in [2.45, 2.75) is 175 Å². The predicted molar refractivity (Wildman–Crippen MR) is 150 cm³/mol. The molecule has 1 aliphatic heterocycles.